The molecule has 4 heteroatoms. The van der Waals surface area contributed by atoms with E-state index in [1.165, 1.54) is 49.6 Å². The zero-order chi connectivity index (χ0) is 31.3. The summed E-state index contributed by atoms with van der Waals surface area (Å²) in [6.45, 7) is 0. The standard InChI is InChI=1S/C43H27IN2O/c44-31-23-25-42-39(27-31)45-43(47-42)29-20-18-28(19-21-29)33-12-4-6-14-35(33)36-15-7-5-13-34(36)30-22-24-41-38(26-30)37-16-8-9-17-40(37)46(41)32-10-2-1-3-11-32/h1-27H. The zero-order valence-electron chi connectivity index (χ0n) is 25.3. The van der Waals surface area contributed by atoms with Gasteiger partial charge in [-0.3, -0.25) is 0 Å². The second-order valence-electron chi connectivity index (χ2n) is 11.7. The van der Waals surface area contributed by atoms with Crippen LogP contribution in [0.25, 0.3) is 83.4 Å². The van der Waals surface area contributed by atoms with Crippen molar-refractivity contribution in [3.63, 3.8) is 0 Å². The van der Waals surface area contributed by atoms with Crippen LogP contribution in [-0.4, -0.2) is 9.55 Å². The highest BCUT2D eigenvalue weighted by Crippen LogP contribution is 2.41. The summed E-state index contributed by atoms with van der Waals surface area (Å²) in [4.78, 5) is 4.74. The Morgan fingerprint density at radius 1 is 0.468 bits per heavy atom. The minimum Gasteiger partial charge on any atom is -0.436 e. The van der Waals surface area contributed by atoms with Crippen LogP contribution in [0.3, 0.4) is 0 Å². The fourth-order valence-electron chi connectivity index (χ4n) is 6.75. The van der Waals surface area contributed by atoms with Gasteiger partial charge in [0.2, 0.25) is 5.89 Å². The van der Waals surface area contributed by atoms with Crippen LogP contribution in [-0.2, 0) is 0 Å². The van der Waals surface area contributed by atoms with E-state index in [1.54, 1.807) is 0 Å². The third kappa shape index (κ3) is 4.84. The number of aromatic nitrogens is 2. The number of nitrogens with zero attached hydrogens (tertiary/aromatic N) is 2. The monoisotopic (exact) mass is 714 g/mol. The van der Waals surface area contributed by atoms with E-state index in [4.69, 9.17) is 9.40 Å². The van der Waals surface area contributed by atoms with E-state index in [2.05, 4.69) is 173 Å². The normalized spacial score (nSPS) is 11.5. The van der Waals surface area contributed by atoms with Crippen molar-refractivity contribution in [3.8, 4) is 50.5 Å². The third-order valence-corrected chi connectivity index (χ3v) is 9.61. The molecule has 0 spiro atoms. The molecule has 2 heterocycles. The first-order valence-electron chi connectivity index (χ1n) is 15.7. The van der Waals surface area contributed by atoms with E-state index in [9.17, 15) is 0 Å². The lowest BCUT2D eigenvalue weighted by atomic mass is 9.89. The molecule has 7 aromatic carbocycles. The first kappa shape index (κ1) is 27.8. The van der Waals surface area contributed by atoms with E-state index < -0.39 is 0 Å². The highest BCUT2D eigenvalue weighted by Gasteiger charge is 2.17. The molecule has 0 saturated carbocycles. The van der Waals surface area contributed by atoms with Gasteiger partial charge in [-0.1, -0.05) is 103 Å². The van der Waals surface area contributed by atoms with Gasteiger partial charge in [0.1, 0.15) is 5.52 Å². The Morgan fingerprint density at radius 3 is 1.83 bits per heavy atom. The van der Waals surface area contributed by atoms with Crippen molar-refractivity contribution in [3.05, 3.63) is 167 Å². The summed E-state index contributed by atoms with van der Waals surface area (Å²) in [5, 5.41) is 2.49. The van der Waals surface area contributed by atoms with Crippen molar-refractivity contribution in [1.29, 1.82) is 0 Å². The van der Waals surface area contributed by atoms with Crippen molar-refractivity contribution in [1.82, 2.24) is 9.55 Å². The van der Waals surface area contributed by atoms with Crippen LogP contribution in [0.1, 0.15) is 0 Å². The van der Waals surface area contributed by atoms with Gasteiger partial charge in [-0.2, -0.15) is 0 Å². The van der Waals surface area contributed by atoms with Crippen molar-refractivity contribution in [2.75, 3.05) is 0 Å². The molecule has 9 rings (SSSR count). The van der Waals surface area contributed by atoms with Crippen LogP contribution in [0.2, 0.25) is 0 Å². The summed E-state index contributed by atoms with van der Waals surface area (Å²) >= 11 is 2.30. The van der Waals surface area contributed by atoms with Gasteiger partial charge in [0.25, 0.3) is 0 Å². The minimum absolute atomic E-state index is 0.635. The number of hydrogen-bond acceptors (Lipinski definition) is 2. The maximum atomic E-state index is 6.08. The molecule has 47 heavy (non-hydrogen) atoms. The Balaban J connectivity index is 1.14. The Hall–Kier alpha value is -5.46. The number of oxazole rings is 1. The Bertz CT molecular complexity index is 2580. The van der Waals surface area contributed by atoms with Gasteiger partial charge in [0, 0.05) is 25.6 Å². The number of fused-ring (bicyclic) bond motifs is 4. The SMILES string of the molecule is Ic1ccc2oc(-c3ccc(-c4ccccc4-c4ccccc4-c4ccc5c(c4)c4ccccc4n5-c4ccccc4)cc3)nc2c1. The quantitative estimate of drug-likeness (QED) is 0.166. The molecule has 222 valence electrons. The lowest BCUT2D eigenvalue weighted by Crippen LogP contribution is -1.93. The summed E-state index contributed by atoms with van der Waals surface area (Å²) in [7, 11) is 0. The highest BCUT2D eigenvalue weighted by molar-refractivity contribution is 14.1. The molecule has 0 saturated heterocycles. The molecule has 2 aromatic heterocycles. The minimum atomic E-state index is 0.635. The van der Waals surface area contributed by atoms with Crippen molar-refractivity contribution in [2.45, 2.75) is 0 Å². The molecule has 0 radical (unpaired) electrons. The van der Waals surface area contributed by atoms with Crippen molar-refractivity contribution in [2.24, 2.45) is 0 Å². The molecule has 9 aromatic rings. The molecule has 0 aliphatic carbocycles. The van der Waals surface area contributed by atoms with Gasteiger partial charge >= 0.3 is 0 Å². The molecule has 0 fully saturated rings. The van der Waals surface area contributed by atoms with Gasteiger partial charge in [-0.25, -0.2) is 4.98 Å². The van der Waals surface area contributed by atoms with Crippen molar-refractivity contribution < 1.29 is 4.42 Å². The number of para-hydroxylation sites is 2. The first-order chi connectivity index (χ1) is 23.2. The Labute approximate surface area is 285 Å². The Kier molecular flexibility index (Phi) is 6.75. The number of hydrogen-bond donors (Lipinski definition) is 0. The maximum Gasteiger partial charge on any atom is 0.227 e. The Morgan fingerprint density at radius 2 is 1.06 bits per heavy atom. The van der Waals surface area contributed by atoms with Crippen molar-refractivity contribution >= 4 is 55.5 Å². The number of benzene rings is 7. The third-order valence-electron chi connectivity index (χ3n) is 8.93. The average molecular weight is 715 g/mol. The van der Waals surface area contributed by atoms with Crippen LogP contribution < -0.4 is 0 Å². The predicted molar refractivity (Wildman–Crippen MR) is 203 cm³/mol. The summed E-state index contributed by atoms with van der Waals surface area (Å²) in [6.07, 6.45) is 0. The summed E-state index contributed by atoms with van der Waals surface area (Å²) in [5.41, 5.74) is 13.3. The predicted octanol–water partition coefficient (Wildman–Crippen LogP) is 12.2. The fraction of sp³-hybridized carbons (Fsp3) is 0. The van der Waals surface area contributed by atoms with E-state index in [1.807, 2.05) is 18.2 Å². The van der Waals surface area contributed by atoms with Crippen LogP contribution in [0.5, 0.6) is 0 Å². The molecular weight excluding hydrogens is 687 g/mol. The second-order valence-corrected chi connectivity index (χ2v) is 13.0. The lowest BCUT2D eigenvalue weighted by Gasteiger charge is -2.15. The molecule has 0 N–H and O–H groups in total. The zero-order valence-corrected chi connectivity index (χ0v) is 27.4. The first-order valence-corrected chi connectivity index (χ1v) is 16.7. The lowest BCUT2D eigenvalue weighted by molar-refractivity contribution is 0.620. The molecule has 0 aliphatic rings. The smallest absolute Gasteiger partial charge is 0.227 e. The topological polar surface area (TPSA) is 31.0 Å². The van der Waals surface area contributed by atoms with Crippen LogP contribution in [0.15, 0.2) is 168 Å². The largest absolute Gasteiger partial charge is 0.436 e. The maximum absolute atomic E-state index is 6.08. The molecule has 0 unspecified atom stereocenters. The summed E-state index contributed by atoms with van der Waals surface area (Å²) in [6, 6.07) is 58.2. The van der Waals surface area contributed by atoms with Crippen LogP contribution in [0.4, 0.5) is 0 Å². The molecule has 0 aliphatic heterocycles. The van der Waals surface area contributed by atoms with E-state index in [0.29, 0.717) is 5.89 Å². The summed E-state index contributed by atoms with van der Waals surface area (Å²) in [5.74, 6) is 0.635. The molecule has 0 amide bonds. The van der Waals surface area contributed by atoms with Gasteiger partial charge in [-0.15, -0.1) is 0 Å². The molecule has 0 bridgehead atoms. The number of halogens is 1. The highest BCUT2D eigenvalue weighted by atomic mass is 127. The van der Waals surface area contributed by atoms with Crippen LogP contribution in [0, 0.1) is 3.57 Å². The van der Waals surface area contributed by atoms with Crippen LogP contribution >= 0.6 is 22.6 Å². The van der Waals surface area contributed by atoms with E-state index in [0.717, 1.165) is 31.5 Å². The van der Waals surface area contributed by atoms with Gasteiger partial charge < -0.3 is 8.98 Å². The van der Waals surface area contributed by atoms with E-state index in [-0.39, 0.29) is 0 Å². The summed E-state index contributed by atoms with van der Waals surface area (Å²) < 4.78 is 9.58. The molecule has 3 nitrogen and oxygen atoms in total. The fourth-order valence-corrected chi connectivity index (χ4v) is 7.23. The van der Waals surface area contributed by atoms with Gasteiger partial charge in [0.05, 0.1) is 11.0 Å². The second kappa shape index (κ2) is 11.4. The van der Waals surface area contributed by atoms with Gasteiger partial charge in [-0.05, 0) is 117 Å². The van der Waals surface area contributed by atoms with E-state index >= 15 is 0 Å². The molecule has 0 atom stereocenters. The number of rotatable bonds is 5. The molecular formula is C43H27IN2O. The average Bonchev–Trinajstić information content (AvgIpc) is 3.71. The van der Waals surface area contributed by atoms with Gasteiger partial charge in [0.15, 0.2) is 5.58 Å².